The number of carboxylic acid groups (broad SMARTS) is 2. The third kappa shape index (κ3) is 2.95. The highest BCUT2D eigenvalue weighted by Gasteiger charge is 2.56. The third-order valence-electron chi connectivity index (χ3n) is 3.48. The van der Waals surface area contributed by atoms with Crippen molar-refractivity contribution in [1.29, 1.82) is 0 Å². The van der Waals surface area contributed by atoms with Crippen molar-refractivity contribution in [3.05, 3.63) is 35.9 Å². The predicted octanol–water partition coefficient (Wildman–Crippen LogP) is 1.05. The van der Waals surface area contributed by atoms with Gasteiger partial charge in [0.2, 0.25) is 0 Å². The number of aliphatic carboxylic acids is 2. The fraction of sp³-hybridized carbons (Fsp3) is 0.429. The van der Waals surface area contributed by atoms with Gasteiger partial charge in [-0.25, -0.2) is 0 Å². The van der Waals surface area contributed by atoms with E-state index in [-0.39, 0.29) is 18.7 Å². The lowest BCUT2D eigenvalue weighted by atomic mass is 9.84. The quantitative estimate of drug-likeness (QED) is 0.319. The minimum atomic E-state index is -2.15. The molecule has 1 aromatic rings. The van der Waals surface area contributed by atoms with E-state index in [1.807, 2.05) is 0 Å². The van der Waals surface area contributed by atoms with Crippen LogP contribution in [0.4, 0.5) is 0 Å². The van der Waals surface area contributed by atoms with Crippen LogP contribution in [0, 0.1) is 5.92 Å². The number of nitrogens with zero attached hydrogens (tertiary/aromatic N) is 2. The molecule has 0 fully saturated rings. The zero-order valence-electron chi connectivity index (χ0n) is 12.4. The molecule has 8 nitrogen and oxygen atoms in total. The van der Waals surface area contributed by atoms with E-state index in [2.05, 4.69) is 0 Å². The molecule has 0 atom stereocenters. The van der Waals surface area contributed by atoms with Crippen molar-refractivity contribution in [3.8, 4) is 0 Å². The Bertz CT molecular complexity index is 497. The molecule has 0 aliphatic rings. The molecule has 8 heteroatoms. The van der Waals surface area contributed by atoms with Gasteiger partial charge in [0.25, 0.3) is 0 Å². The summed E-state index contributed by atoms with van der Waals surface area (Å²) in [6.07, 6.45) is 0. The SMILES string of the molecule is CCN(O)C(c1ccccc1)(C(C(=O)O)C(=O)O)N(O)CC. The van der Waals surface area contributed by atoms with Crippen molar-refractivity contribution < 1.29 is 30.2 Å². The summed E-state index contributed by atoms with van der Waals surface area (Å²) in [5.41, 5.74) is -2.00. The molecule has 1 aromatic carbocycles. The Morgan fingerprint density at radius 1 is 1.00 bits per heavy atom. The average molecular weight is 312 g/mol. The van der Waals surface area contributed by atoms with Gasteiger partial charge in [0.15, 0.2) is 11.6 Å². The molecule has 0 aliphatic carbocycles. The number of hydroxylamine groups is 4. The molecule has 122 valence electrons. The number of carbonyl (C=O) groups is 2. The predicted molar refractivity (Wildman–Crippen MR) is 75.2 cm³/mol. The normalized spacial score (nSPS) is 12.1. The van der Waals surface area contributed by atoms with Crippen molar-refractivity contribution in [1.82, 2.24) is 10.1 Å². The summed E-state index contributed by atoms with van der Waals surface area (Å²) >= 11 is 0. The molecular weight excluding hydrogens is 292 g/mol. The van der Waals surface area contributed by atoms with Crippen molar-refractivity contribution in [2.75, 3.05) is 13.1 Å². The van der Waals surface area contributed by atoms with Gasteiger partial charge in [-0.15, -0.1) is 0 Å². The Balaban J connectivity index is 3.72. The highest BCUT2D eigenvalue weighted by molar-refractivity contribution is 5.94. The summed E-state index contributed by atoms with van der Waals surface area (Å²) in [7, 11) is 0. The summed E-state index contributed by atoms with van der Waals surface area (Å²) in [6, 6.07) is 7.70. The smallest absolute Gasteiger partial charge is 0.321 e. The molecular formula is C14H20N2O6. The molecule has 0 amide bonds. The highest BCUT2D eigenvalue weighted by Crippen LogP contribution is 2.38. The van der Waals surface area contributed by atoms with Gasteiger partial charge >= 0.3 is 11.9 Å². The Hall–Kier alpha value is -2.00. The fourth-order valence-corrected chi connectivity index (χ4v) is 2.51. The monoisotopic (exact) mass is 312 g/mol. The standard InChI is InChI=1S/C14H20N2O6/c1-3-15(21)14(16(22)4-2,10-8-6-5-7-9-10)11(12(17)18)13(19)20/h5-9,11,21-22H,3-4H2,1-2H3,(H,17,18)(H,19,20). The summed E-state index contributed by atoms with van der Waals surface area (Å²) in [4.78, 5) is 23.1. The number of hydrogen-bond donors (Lipinski definition) is 4. The molecule has 0 heterocycles. The van der Waals surface area contributed by atoms with E-state index in [4.69, 9.17) is 0 Å². The Morgan fingerprint density at radius 3 is 1.73 bits per heavy atom. The molecule has 4 N–H and O–H groups in total. The molecule has 0 radical (unpaired) electrons. The maximum Gasteiger partial charge on any atom is 0.321 e. The van der Waals surface area contributed by atoms with E-state index in [0.29, 0.717) is 10.1 Å². The van der Waals surface area contributed by atoms with Crippen LogP contribution in [0.25, 0.3) is 0 Å². The first-order chi connectivity index (χ1) is 10.3. The van der Waals surface area contributed by atoms with Gasteiger partial charge in [-0.1, -0.05) is 30.3 Å². The third-order valence-corrected chi connectivity index (χ3v) is 3.48. The van der Waals surface area contributed by atoms with E-state index in [1.165, 1.54) is 26.0 Å². The van der Waals surface area contributed by atoms with Crippen molar-refractivity contribution in [2.45, 2.75) is 19.5 Å². The van der Waals surface area contributed by atoms with Crippen LogP contribution in [0.5, 0.6) is 0 Å². The average Bonchev–Trinajstić information content (AvgIpc) is 2.50. The zero-order chi connectivity index (χ0) is 16.9. The lowest BCUT2D eigenvalue weighted by Gasteiger charge is -2.46. The van der Waals surface area contributed by atoms with Crippen molar-refractivity contribution in [2.24, 2.45) is 5.92 Å². The lowest BCUT2D eigenvalue weighted by molar-refractivity contribution is -0.329. The van der Waals surface area contributed by atoms with Gasteiger partial charge in [0.1, 0.15) is 0 Å². The summed E-state index contributed by atoms with van der Waals surface area (Å²) in [5.74, 6) is -5.45. The first-order valence-electron chi connectivity index (χ1n) is 6.78. The minimum Gasteiger partial charge on any atom is -0.480 e. The minimum absolute atomic E-state index is 0.0942. The molecule has 0 bridgehead atoms. The second kappa shape index (κ2) is 7.32. The maximum absolute atomic E-state index is 11.5. The number of benzene rings is 1. The molecule has 22 heavy (non-hydrogen) atoms. The van der Waals surface area contributed by atoms with E-state index in [9.17, 15) is 30.2 Å². The second-order valence-corrected chi connectivity index (χ2v) is 4.63. The van der Waals surface area contributed by atoms with E-state index in [1.54, 1.807) is 18.2 Å². The van der Waals surface area contributed by atoms with Crippen LogP contribution >= 0.6 is 0 Å². The van der Waals surface area contributed by atoms with Gasteiger partial charge in [-0.05, 0) is 19.4 Å². The summed E-state index contributed by atoms with van der Waals surface area (Å²) in [5, 5.41) is 40.4. The molecule has 0 saturated heterocycles. The van der Waals surface area contributed by atoms with Crippen molar-refractivity contribution in [3.63, 3.8) is 0 Å². The molecule has 0 unspecified atom stereocenters. The van der Waals surface area contributed by atoms with Crippen LogP contribution in [0.3, 0.4) is 0 Å². The molecule has 0 aromatic heterocycles. The van der Waals surface area contributed by atoms with Gasteiger partial charge < -0.3 is 20.6 Å². The van der Waals surface area contributed by atoms with E-state index >= 15 is 0 Å². The molecule has 0 spiro atoms. The van der Waals surface area contributed by atoms with Gasteiger partial charge in [-0.3, -0.25) is 9.59 Å². The Labute approximate surface area is 127 Å². The van der Waals surface area contributed by atoms with Crippen LogP contribution in [-0.4, -0.2) is 55.8 Å². The second-order valence-electron chi connectivity index (χ2n) is 4.63. The molecule has 0 aliphatic heterocycles. The number of rotatable bonds is 8. The van der Waals surface area contributed by atoms with Gasteiger partial charge in [-0.2, -0.15) is 10.1 Å². The maximum atomic E-state index is 11.5. The van der Waals surface area contributed by atoms with Gasteiger partial charge in [0.05, 0.1) is 0 Å². The first kappa shape index (κ1) is 18.1. The zero-order valence-corrected chi connectivity index (χ0v) is 12.4. The summed E-state index contributed by atoms with van der Waals surface area (Å²) in [6.45, 7) is 2.84. The van der Waals surface area contributed by atoms with Crippen LogP contribution in [-0.2, 0) is 15.3 Å². The van der Waals surface area contributed by atoms with E-state index in [0.717, 1.165) is 0 Å². The molecule has 0 saturated carbocycles. The molecule has 1 rings (SSSR count). The Morgan fingerprint density at radius 2 is 1.41 bits per heavy atom. The topological polar surface area (TPSA) is 122 Å². The highest BCUT2D eigenvalue weighted by atomic mass is 16.6. The van der Waals surface area contributed by atoms with Crippen LogP contribution in [0.1, 0.15) is 19.4 Å². The van der Waals surface area contributed by atoms with Crippen LogP contribution in [0.2, 0.25) is 0 Å². The first-order valence-corrected chi connectivity index (χ1v) is 6.78. The van der Waals surface area contributed by atoms with Crippen LogP contribution < -0.4 is 0 Å². The Kier molecular flexibility index (Phi) is 6.01. The van der Waals surface area contributed by atoms with Gasteiger partial charge in [0, 0.05) is 13.1 Å². The largest absolute Gasteiger partial charge is 0.480 e. The van der Waals surface area contributed by atoms with E-state index < -0.39 is 23.5 Å². The summed E-state index contributed by atoms with van der Waals surface area (Å²) < 4.78 is 0. The number of hydrogen-bond acceptors (Lipinski definition) is 6. The lowest BCUT2D eigenvalue weighted by Crippen LogP contribution is -2.64. The van der Waals surface area contributed by atoms with Crippen molar-refractivity contribution >= 4 is 11.9 Å². The van der Waals surface area contributed by atoms with Crippen LogP contribution in [0.15, 0.2) is 30.3 Å². The fourth-order valence-electron chi connectivity index (χ4n) is 2.51. The number of carboxylic acids is 2.